The number of alkyl halides is 4. The molecule has 3 aromatic heterocycles. The molecule has 0 aliphatic heterocycles. The predicted octanol–water partition coefficient (Wildman–Crippen LogP) is 3.80. The Labute approximate surface area is 184 Å². The monoisotopic (exact) mass is 530 g/mol. The van der Waals surface area contributed by atoms with Gasteiger partial charge in [-0.1, -0.05) is 35.6 Å². The van der Waals surface area contributed by atoms with Gasteiger partial charge in [-0.15, -0.1) is 0 Å². The first-order valence-corrected chi connectivity index (χ1v) is 10.3. The SMILES string of the molecule is CC(I)CC(CNC(=O)c1cn(-c2ncccn2)nc1C(F)(F)F)c1cccnc1. The van der Waals surface area contributed by atoms with E-state index in [9.17, 15) is 18.0 Å². The molecule has 3 aromatic rings. The van der Waals surface area contributed by atoms with E-state index in [0.717, 1.165) is 22.9 Å². The normalized spacial score (nSPS) is 13.6. The second kappa shape index (κ2) is 9.49. The highest BCUT2D eigenvalue weighted by Gasteiger charge is 2.39. The number of hydrogen-bond donors (Lipinski definition) is 1. The fourth-order valence-electron chi connectivity index (χ4n) is 2.92. The molecule has 0 spiro atoms. The Kier molecular flexibility index (Phi) is 7.00. The number of nitrogens with one attached hydrogen (secondary N) is 1. The lowest BCUT2D eigenvalue weighted by atomic mass is 9.96. The summed E-state index contributed by atoms with van der Waals surface area (Å²) < 4.78 is 41.6. The standard InChI is InChI=1S/C19H18F3IN6O/c1-12(23)8-14(13-4-2-5-24-9-13)10-27-17(30)15-11-29(18-25-6-3-7-26-18)28-16(15)19(20,21)22/h2-7,9,11-12,14H,8,10H2,1H3,(H,27,30). The number of aromatic nitrogens is 5. The van der Waals surface area contributed by atoms with Crippen molar-refractivity contribution in [1.29, 1.82) is 0 Å². The lowest BCUT2D eigenvalue weighted by Crippen LogP contribution is -2.30. The van der Waals surface area contributed by atoms with Crippen LogP contribution in [0.2, 0.25) is 0 Å². The molecule has 0 radical (unpaired) electrons. The fraction of sp³-hybridized carbons (Fsp3) is 0.316. The van der Waals surface area contributed by atoms with Crippen LogP contribution >= 0.6 is 22.6 Å². The van der Waals surface area contributed by atoms with Gasteiger partial charge in [0, 0.05) is 47.4 Å². The van der Waals surface area contributed by atoms with Gasteiger partial charge in [-0.25, -0.2) is 14.6 Å². The molecule has 0 saturated heterocycles. The largest absolute Gasteiger partial charge is 0.435 e. The zero-order valence-corrected chi connectivity index (χ0v) is 18.0. The molecule has 2 unspecified atom stereocenters. The second-order valence-electron chi connectivity index (χ2n) is 6.59. The van der Waals surface area contributed by atoms with Crippen LogP contribution in [0.3, 0.4) is 0 Å². The molecule has 7 nitrogen and oxygen atoms in total. The van der Waals surface area contributed by atoms with E-state index in [4.69, 9.17) is 0 Å². The van der Waals surface area contributed by atoms with E-state index in [2.05, 4.69) is 48.0 Å². The van der Waals surface area contributed by atoms with Crippen LogP contribution in [0.15, 0.2) is 49.2 Å². The molecule has 2 atom stereocenters. The van der Waals surface area contributed by atoms with Crippen LogP contribution in [0.5, 0.6) is 0 Å². The van der Waals surface area contributed by atoms with Gasteiger partial charge in [-0.2, -0.15) is 18.3 Å². The van der Waals surface area contributed by atoms with Crippen molar-refractivity contribution in [3.63, 3.8) is 0 Å². The topological polar surface area (TPSA) is 85.6 Å². The predicted molar refractivity (Wildman–Crippen MR) is 112 cm³/mol. The van der Waals surface area contributed by atoms with E-state index in [-0.39, 0.29) is 18.4 Å². The molecule has 11 heteroatoms. The van der Waals surface area contributed by atoms with Crippen molar-refractivity contribution in [3.8, 4) is 5.95 Å². The maximum atomic E-state index is 13.5. The molecule has 0 fully saturated rings. The summed E-state index contributed by atoms with van der Waals surface area (Å²) in [6.45, 7) is 2.19. The first-order valence-electron chi connectivity index (χ1n) is 9.02. The number of pyridine rings is 1. The van der Waals surface area contributed by atoms with Gasteiger partial charge in [0.1, 0.15) is 0 Å². The van der Waals surface area contributed by atoms with E-state index in [0.29, 0.717) is 3.92 Å². The summed E-state index contributed by atoms with van der Waals surface area (Å²) in [7, 11) is 0. The molecule has 158 valence electrons. The minimum absolute atomic E-state index is 0.0611. The third-order valence-electron chi connectivity index (χ3n) is 4.26. The van der Waals surface area contributed by atoms with Crippen molar-refractivity contribution in [3.05, 3.63) is 66.0 Å². The summed E-state index contributed by atoms with van der Waals surface area (Å²) in [6, 6.07) is 5.19. The second-order valence-corrected chi connectivity index (χ2v) is 8.72. The molecule has 3 rings (SSSR count). The third-order valence-corrected chi connectivity index (χ3v) is 4.77. The number of amides is 1. The number of nitrogens with zero attached hydrogens (tertiary/aromatic N) is 5. The van der Waals surface area contributed by atoms with Crippen molar-refractivity contribution in [2.75, 3.05) is 6.54 Å². The average Bonchev–Trinajstić information content (AvgIpc) is 3.18. The van der Waals surface area contributed by atoms with Crippen molar-refractivity contribution in [1.82, 2.24) is 30.0 Å². The summed E-state index contributed by atoms with van der Waals surface area (Å²) in [5.74, 6) is -1.01. The zero-order valence-electron chi connectivity index (χ0n) is 15.8. The van der Waals surface area contributed by atoms with E-state index in [1.165, 1.54) is 18.5 Å². The Balaban J connectivity index is 1.84. The molecular formula is C19H18F3IN6O. The lowest BCUT2D eigenvalue weighted by molar-refractivity contribution is -0.141. The van der Waals surface area contributed by atoms with Gasteiger partial charge in [0.15, 0.2) is 5.69 Å². The number of halogens is 4. The van der Waals surface area contributed by atoms with Crippen LogP contribution in [0.25, 0.3) is 5.95 Å². The van der Waals surface area contributed by atoms with Crippen molar-refractivity contribution < 1.29 is 18.0 Å². The van der Waals surface area contributed by atoms with Gasteiger partial charge < -0.3 is 5.32 Å². The number of rotatable bonds is 7. The minimum atomic E-state index is -4.80. The molecule has 0 aliphatic carbocycles. The molecule has 3 heterocycles. The van der Waals surface area contributed by atoms with Gasteiger partial charge >= 0.3 is 6.18 Å². The molecule has 30 heavy (non-hydrogen) atoms. The number of carbonyl (C=O) groups is 1. The van der Waals surface area contributed by atoms with E-state index in [1.54, 1.807) is 18.5 Å². The molecular weight excluding hydrogens is 512 g/mol. The summed E-state index contributed by atoms with van der Waals surface area (Å²) in [4.78, 5) is 24.5. The van der Waals surface area contributed by atoms with Gasteiger partial charge in [-0.05, 0) is 24.1 Å². The quantitative estimate of drug-likeness (QED) is 0.371. The van der Waals surface area contributed by atoms with Crippen LogP contribution in [-0.4, -0.2) is 41.1 Å². The maximum Gasteiger partial charge on any atom is 0.435 e. The maximum absolute atomic E-state index is 13.5. The Morgan fingerprint density at radius 2 is 1.97 bits per heavy atom. The highest BCUT2D eigenvalue weighted by atomic mass is 127. The summed E-state index contributed by atoms with van der Waals surface area (Å²) in [5, 5.41) is 6.12. The third kappa shape index (κ3) is 5.52. The summed E-state index contributed by atoms with van der Waals surface area (Å²) >= 11 is 2.27. The smallest absolute Gasteiger partial charge is 0.351 e. The van der Waals surface area contributed by atoms with Gasteiger partial charge in [-0.3, -0.25) is 9.78 Å². The molecule has 0 aromatic carbocycles. The van der Waals surface area contributed by atoms with E-state index < -0.39 is 23.3 Å². The van der Waals surface area contributed by atoms with Gasteiger partial charge in [0.25, 0.3) is 5.91 Å². The Morgan fingerprint density at radius 3 is 2.57 bits per heavy atom. The fourth-order valence-corrected chi connectivity index (χ4v) is 3.53. The molecule has 0 bridgehead atoms. The van der Waals surface area contributed by atoms with Crippen molar-refractivity contribution in [2.24, 2.45) is 0 Å². The van der Waals surface area contributed by atoms with Crippen molar-refractivity contribution in [2.45, 2.75) is 29.4 Å². The summed E-state index contributed by atoms with van der Waals surface area (Å²) in [5.41, 5.74) is -0.958. The number of carbonyl (C=O) groups excluding carboxylic acids is 1. The average molecular weight is 530 g/mol. The molecule has 0 saturated carbocycles. The van der Waals surface area contributed by atoms with Crippen LogP contribution in [0, 0.1) is 0 Å². The van der Waals surface area contributed by atoms with Crippen LogP contribution < -0.4 is 5.32 Å². The van der Waals surface area contributed by atoms with Crippen LogP contribution in [-0.2, 0) is 6.18 Å². The Hall–Kier alpha value is -2.57. The summed E-state index contributed by atoms with van der Waals surface area (Å²) in [6.07, 6.45) is 3.01. The number of hydrogen-bond acceptors (Lipinski definition) is 5. The Morgan fingerprint density at radius 1 is 1.23 bits per heavy atom. The molecule has 1 amide bonds. The molecule has 0 aliphatic rings. The van der Waals surface area contributed by atoms with Gasteiger partial charge in [0.05, 0.1) is 5.56 Å². The first kappa shape index (κ1) is 22.1. The van der Waals surface area contributed by atoms with Crippen LogP contribution in [0.1, 0.15) is 40.9 Å². The highest BCUT2D eigenvalue weighted by Crippen LogP contribution is 2.31. The van der Waals surface area contributed by atoms with Gasteiger partial charge in [0.2, 0.25) is 5.95 Å². The lowest BCUT2D eigenvalue weighted by Gasteiger charge is -2.19. The van der Waals surface area contributed by atoms with Crippen LogP contribution in [0.4, 0.5) is 13.2 Å². The zero-order chi connectivity index (χ0) is 21.7. The first-order chi connectivity index (χ1) is 14.3. The van der Waals surface area contributed by atoms with E-state index >= 15 is 0 Å². The Bertz CT molecular complexity index is 979. The van der Waals surface area contributed by atoms with E-state index in [1.807, 2.05) is 13.0 Å². The molecule has 1 N–H and O–H groups in total. The highest BCUT2D eigenvalue weighted by molar-refractivity contribution is 14.1. The van der Waals surface area contributed by atoms with Crippen molar-refractivity contribution >= 4 is 28.5 Å². The minimum Gasteiger partial charge on any atom is -0.351 e.